The third-order valence-corrected chi connectivity index (χ3v) is 2.12. The van der Waals surface area contributed by atoms with Gasteiger partial charge in [-0.3, -0.25) is 4.68 Å². The molecule has 3 nitrogen and oxygen atoms in total. The van der Waals surface area contributed by atoms with Crippen molar-refractivity contribution in [3.05, 3.63) is 36.7 Å². The van der Waals surface area contributed by atoms with Crippen molar-refractivity contribution in [1.29, 1.82) is 0 Å². The van der Waals surface area contributed by atoms with Crippen LogP contribution < -0.4 is 4.74 Å². The molecule has 0 unspecified atom stereocenters. The summed E-state index contributed by atoms with van der Waals surface area (Å²) < 4.78 is 7.05. The zero-order valence-electron chi connectivity index (χ0n) is 8.27. The summed E-state index contributed by atoms with van der Waals surface area (Å²) in [5, 5.41) is 4.13. The molecule has 0 N–H and O–H groups in total. The largest absolute Gasteiger partial charge is 0.496 e. The molecule has 2 aromatic rings. The van der Waals surface area contributed by atoms with E-state index in [1.165, 1.54) is 0 Å². The van der Waals surface area contributed by atoms with Gasteiger partial charge in [-0.15, -0.1) is 0 Å². The summed E-state index contributed by atoms with van der Waals surface area (Å²) in [6, 6.07) is 7.92. The van der Waals surface area contributed by atoms with Crippen molar-refractivity contribution in [3.63, 3.8) is 0 Å². The lowest BCUT2D eigenvalue weighted by Crippen LogP contribution is -1.86. The number of nitrogens with zero attached hydrogens (tertiary/aromatic N) is 2. The van der Waals surface area contributed by atoms with Crippen LogP contribution in [0.4, 0.5) is 0 Å². The predicted octanol–water partition coefficient (Wildman–Crippen LogP) is 2.73. The topological polar surface area (TPSA) is 27.1 Å². The Kier molecular flexibility index (Phi) is 3.50. The molecule has 0 bridgehead atoms. The first-order chi connectivity index (χ1) is 6.81. The number of benzene rings is 1. The fourth-order valence-corrected chi connectivity index (χ4v) is 1.44. The molecule has 0 aliphatic carbocycles. The van der Waals surface area contributed by atoms with E-state index in [4.69, 9.17) is 4.74 Å². The number of methoxy groups -OCH3 is 1. The Morgan fingerprint density at radius 2 is 2.00 bits per heavy atom. The predicted molar refractivity (Wildman–Crippen MR) is 61.9 cm³/mol. The molecular formula is C12H16N2O. The van der Waals surface area contributed by atoms with Crippen molar-refractivity contribution < 1.29 is 4.74 Å². The van der Waals surface area contributed by atoms with Crippen LogP contribution in [-0.2, 0) is 7.05 Å². The first-order valence-corrected chi connectivity index (χ1v) is 4.43. The summed E-state index contributed by atoms with van der Waals surface area (Å²) in [7, 11) is 3.58. The van der Waals surface area contributed by atoms with Gasteiger partial charge in [0.15, 0.2) is 0 Å². The van der Waals surface area contributed by atoms with E-state index >= 15 is 0 Å². The summed E-state index contributed by atoms with van der Waals surface area (Å²) in [6.45, 7) is 0. The van der Waals surface area contributed by atoms with Crippen molar-refractivity contribution >= 4 is 0 Å². The minimum atomic E-state index is 0. The highest BCUT2D eigenvalue weighted by Crippen LogP contribution is 2.28. The number of ether oxygens (including phenoxy) is 1. The van der Waals surface area contributed by atoms with E-state index in [0.717, 1.165) is 16.9 Å². The number of aryl methyl sites for hydroxylation is 1. The van der Waals surface area contributed by atoms with Gasteiger partial charge in [-0.05, 0) is 6.07 Å². The highest BCUT2D eigenvalue weighted by atomic mass is 16.5. The van der Waals surface area contributed by atoms with Crippen LogP contribution in [0.5, 0.6) is 5.75 Å². The van der Waals surface area contributed by atoms with E-state index in [9.17, 15) is 0 Å². The maximum absolute atomic E-state index is 5.27. The highest BCUT2D eigenvalue weighted by molar-refractivity contribution is 5.69. The molecule has 0 radical (unpaired) electrons. The Labute approximate surface area is 90.3 Å². The second-order valence-corrected chi connectivity index (χ2v) is 3.10. The number of hydrogen-bond donors (Lipinski definition) is 0. The Morgan fingerprint density at radius 3 is 2.60 bits per heavy atom. The zero-order chi connectivity index (χ0) is 9.97. The molecular weight excluding hydrogens is 188 g/mol. The number of rotatable bonds is 2. The number of para-hydroxylation sites is 1. The lowest BCUT2D eigenvalue weighted by atomic mass is 10.1. The molecule has 1 heterocycles. The molecule has 1 aromatic carbocycles. The summed E-state index contributed by atoms with van der Waals surface area (Å²) in [5.41, 5.74) is 2.15. The van der Waals surface area contributed by atoms with Crippen molar-refractivity contribution in [2.75, 3.05) is 7.11 Å². The SMILES string of the molecule is C.COc1ccccc1-c1cnn(C)c1. The van der Waals surface area contributed by atoms with Gasteiger partial charge in [0.1, 0.15) is 5.75 Å². The van der Waals surface area contributed by atoms with Crippen LogP contribution in [0.2, 0.25) is 0 Å². The number of hydrogen-bond acceptors (Lipinski definition) is 2. The van der Waals surface area contributed by atoms with Crippen molar-refractivity contribution in [1.82, 2.24) is 9.78 Å². The van der Waals surface area contributed by atoms with Crippen molar-refractivity contribution in [3.8, 4) is 16.9 Å². The van der Waals surface area contributed by atoms with E-state index < -0.39 is 0 Å². The smallest absolute Gasteiger partial charge is 0.126 e. The number of aromatic nitrogens is 2. The molecule has 0 saturated heterocycles. The Balaban J connectivity index is 0.00000112. The van der Waals surface area contributed by atoms with E-state index in [2.05, 4.69) is 5.10 Å². The molecule has 1 aromatic heterocycles. The Morgan fingerprint density at radius 1 is 1.27 bits per heavy atom. The van der Waals surface area contributed by atoms with Crippen LogP contribution in [0.1, 0.15) is 7.43 Å². The van der Waals surface area contributed by atoms with Crippen LogP contribution in [0, 0.1) is 0 Å². The fourth-order valence-electron chi connectivity index (χ4n) is 1.44. The Bertz CT molecular complexity index is 435. The maximum Gasteiger partial charge on any atom is 0.126 e. The van der Waals surface area contributed by atoms with Gasteiger partial charge in [0.2, 0.25) is 0 Å². The monoisotopic (exact) mass is 204 g/mol. The molecule has 0 fully saturated rings. The molecule has 15 heavy (non-hydrogen) atoms. The first kappa shape index (κ1) is 11.3. The van der Waals surface area contributed by atoms with Crippen LogP contribution in [0.15, 0.2) is 36.7 Å². The van der Waals surface area contributed by atoms with Gasteiger partial charge < -0.3 is 4.74 Å². The third kappa shape index (κ3) is 2.18. The lowest BCUT2D eigenvalue weighted by Gasteiger charge is -2.04. The molecule has 0 atom stereocenters. The second-order valence-electron chi connectivity index (χ2n) is 3.10. The Hall–Kier alpha value is -1.77. The molecule has 0 saturated carbocycles. The van der Waals surface area contributed by atoms with Gasteiger partial charge in [-0.1, -0.05) is 25.6 Å². The zero-order valence-corrected chi connectivity index (χ0v) is 8.27. The molecule has 0 amide bonds. The third-order valence-electron chi connectivity index (χ3n) is 2.12. The van der Waals surface area contributed by atoms with Gasteiger partial charge >= 0.3 is 0 Å². The minimum absolute atomic E-state index is 0. The quantitative estimate of drug-likeness (QED) is 0.752. The molecule has 3 heteroatoms. The van der Waals surface area contributed by atoms with Crippen molar-refractivity contribution in [2.45, 2.75) is 7.43 Å². The summed E-state index contributed by atoms with van der Waals surface area (Å²) >= 11 is 0. The standard InChI is InChI=1S/C11H12N2O.CH4/c1-13-8-9(7-12-13)10-5-3-4-6-11(10)14-2;/h3-8H,1-2H3;1H4. The van der Waals surface area contributed by atoms with E-state index in [1.807, 2.05) is 43.7 Å². The summed E-state index contributed by atoms with van der Waals surface area (Å²) in [4.78, 5) is 0. The molecule has 0 aliphatic heterocycles. The molecule has 80 valence electrons. The normalized spacial score (nSPS) is 9.47. The van der Waals surface area contributed by atoms with E-state index in [1.54, 1.807) is 11.8 Å². The highest BCUT2D eigenvalue weighted by Gasteiger charge is 2.05. The van der Waals surface area contributed by atoms with Gasteiger partial charge in [-0.25, -0.2) is 0 Å². The average Bonchev–Trinajstić information content (AvgIpc) is 2.65. The fraction of sp³-hybridized carbons (Fsp3) is 0.250. The minimum Gasteiger partial charge on any atom is -0.496 e. The van der Waals surface area contributed by atoms with Gasteiger partial charge in [-0.2, -0.15) is 5.10 Å². The van der Waals surface area contributed by atoms with Crippen LogP contribution >= 0.6 is 0 Å². The summed E-state index contributed by atoms with van der Waals surface area (Å²) in [5.74, 6) is 0.875. The van der Waals surface area contributed by atoms with Crippen molar-refractivity contribution in [2.24, 2.45) is 7.05 Å². The van der Waals surface area contributed by atoms with Crippen LogP contribution in [0.25, 0.3) is 11.1 Å². The van der Waals surface area contributed by atoms with E-state index in [-0.39, 0.29) is 7.43 Å². The van der Waals surface area contributed by atoms with Gasteiger partial charge in [0, 0.05) is 24.4 Å². The maximum atomic E-state index is 5.27. The summed E-state index contributed by atoms with van der Waals surface area (Å²) in [6.07, 6.45) is 3.80. The second kappa shape index (κ2) is 4.64. The van der Waals surface area contributed by atoms with Gasteiger partial charge in [0.05, 0.1) is 13.3 Å². The molecule has 0 spiro atoms. The molecule has 0 aliphatic rings. The average molecular weight is 204 g/mol. The van der Waals surface area contributed by atoms with Crippen LogP contribution in [-0.4, -0.2) is 16.9 Å². The van der Waals surface area contributed by atoms with E-state index in [0.29, 0.717) is 0 Å². The van der Waals surface area contributed by atoms with Crippen LogP contribution in [0.3, 0.4) is 0 Å². The van der Waals surface area contributed by atoms with Gasteiger partial charge in [0.25, 0.3) is 0 Å². The molecule has 2 rings (SSSR count). The lowest BCUT2D eigenvalue weighted by molar-refractivity contribution is 0.416. The first-order valence-electron chi connectivity index (χ1n) is 4.43.